The average Bonchev–Trinajstić information content (AvgIpc) is 2.46. The van der Waals surface area contributed by atoms with Crippen molar-refractivity contribution >= 4 is 11.8 Å². The van der Waals surface area contributed by atoms with Crippen LogP contribution in [0.3, 0.4) is 0 Å². The number of nitrogens with one attached hydrogen (secondary N) is 2. The number of unbranched alkanes of at least 4 members (excludes halogenated alkanes) is 1. The first-order valence-electron chi connectivity index (χ1n) is 7.26. The van der Waals surface area contributed by atoms with Crippen molar-refractivity contribution in [2.45, 2.75) is 33.2 Å². The summed E-state index contributed by atoms with van der Waals surface area (Å²) in [5, 5.41) is 6.34. The Kier molecular flexibility index (Phi) is 5.49. The summed E-state index contributed by atoms with van der Waals surface area (Å²) < 4.78 is 13.6. The molecule has 1 aromatic carbocycles. The number of hydrogen-bond donors (Lipinski definition) is 2. The Hall–Kier alpha value is -2.17. The predicted molar refractivity (Wildman–Crippen MR) is 83.9 cm³/mol. The van der Waals surface area contributed by atoms with Crippen molar-refractivity contribution in [3.63, 3.8) is 0 Å². The van der Waals surface area contributed by atoms with Crippen LogP contribution in [0.15, 0.2) is 30.3 Å². The van der Waals surface area contributed by atoms with Gasteiger partial charge in [-0.05, 0) is 19.4 Å². The van der Waals surface area contributed by atoms with Crippen molar-refractivity contribution < 1.29 is 4.39 Å². The zero-order valence-electron chi connectivity index (χ0n) is 12.5. The fourth-order valence-corrected chi connectivity index (χ4v) is 1.94. The van der Waals surface area contributed by atoms with Gasteiger partial charge >= 0.3 is 0 Å². The van der Waals surface area contributed by atoms with E-state index in [1.807, 2.05) is 19.1 Å². The summed E-state index contributed by atoms with van der Waals surface area (Å²) in [7, 11) is 0. The molecule has 0 unspecified atom stereocenters. The van der Waals surface area contributed by atoms with E-state index >= 15 is 0 Å². The lowest BCUT2D eigenvalue weighted by molar-refractivity contribution is 0.613. The Labute approximate surface area is 124 Å². The van der Waals surface area contributed by atoms with Crippen LogP contribution in [0.2, 0.25) is 0 Å². The predicted octanol–water partition coefficient (Wildman–Crippen LogP) is 3.75. The van der Waals surface area contributed by atoms with Gasteiger partial charge in [0.15, 0.2) is 0 Å². The highest BCUT2D eigenvalue weighted by atomic mass is 19.1. The van der Waals surface area contributed by atoms with E-state index in [9.17, 15) is 4.39 Å². The quantitative estimate of drug-likeness (QED) is 0.762. The van der Waals surface area contributed by atoms with E-state index in [0.717, 1.165) is 25.1 Å². The van der Waals surface area contributed by atoms with Gasteiger partial charge in [0.05, 0.1) is 0 Å². The van der Waals surface area contributed by atoms with Crippen molar-refractivity contribution in [2.24, 2.45) is 0 Å². The normalized spacial score (nSPS) is 10.4. The van der Waals surface area contributed by atoms with Crippen LogP contribution in [-0.4, -0.2) is 16.5 Å². The van der Waals surface area contributed by atoms with Gasteiger partial charge < -0.3 is 10.6 Å². The highest BCUT2D eigenvalue weighted by Crippen LogP contribution is 2.13. The molecule has 1 aromatic heterocycles. The number of aromatic nitrogens is 2. The van der Waals surface area contributed by atoms with Gasteiger partial charge in [0.1, 0.15) is 11.6 Å². The SMILES string of the molecule is CCCCNc1nc(C)cc(NCc2ccccc2F)n1. The smallest absolute Gasteiger partial charge is 0.224 e. The average molecular weight is 288 g/mol. The minimum Gasteiger partial charge on any atom is -0.366 e. The molecule has 5 heteroatoms. The van der Waals surface area contributed by atoms with Crippen LogP contribution in [0.5, 0.6) is 0 Å². The minimum atomic E-state index is -0.211. The maximum Gasteiger partial charge on any atom is 0.224 e. The van der Waals surface area contributed by atoms with E-state index < -0.39 is 0 Å². The highest BCUT2D eigenvalue weighted by Gasteiger charge is 2.04. The summed E-state index contributed by atoms with van der Waals surface area (Å²) >= 11 is 0. The lowest BCUT2D eigenvalue weighted by Crippen LogP contribution is -2.09. The molecule has 2 aromatic rings. The zero-order valence-corrected chi connectivity index (χ0v) is 12.5. The molecular formula is C16H21FN4. The van der Waals surface area contributed by atoms with E-state index in [0.29, 0.717) is 23.9 Å². The topological polar surface area (TPSA) is 49.8 Å². The molecule has 0 bridgehead atoms. The summed E-state index contributed by atoms with van der Waals surface area (Å²) in [6.45, 7) is 5.31. The van der Waals surface area contributed by atoms with E-state index in [2.05, 4.69) is 27.5 Å². The third-order valence-corrected chi connectivity index (χ3v) is 3.09. The molecule has 0 aliphatic carbocycles. The number of hydrogen-bond acceptors (Lipinski definition) is 4. The number of anilines is 2. The maximum atomic E-state index is 13.6. The fourth-order valence-electron chi connectivity index (χ4n) is 1.94. The second kappa shape index (κ2) is 7.57. The standard InChI is InChI=1S/C16H21FN4/c1-3-4-9-18-16-20-12(2)10-15(21-16)19-11-13-7-5-6-8-14(13)17/h5-8,10H,3-4,9,11H2,1-2H3,(H2,18,19,20,21). The molecule has 0 atom stereocenters. The number of benzene rings is 1. The molecule has 0 amide bonds. The first-order valence-corrected chi connectivity index (χ1v) is 7.26. The van der Waals surface area contributed by atoms with Gasteiger partial charge in [-0.2, -0.15) is 4.98 Å². The van der Waals surface area contributed by atoms with E-state index in [1.165, 1.54) is 6.07 Å². The largest absolute Gasteiger partial charge is 0.366 e. The third-order valence-electron chi connectivity index (χ3n) is 3.09. The Morgan fingerprint density at radius 3 is 2.71 bits per heavy atom. The molecule has 4 nitrogen and oxygen atoms in total. The Balaban J connectivity index is 2.01. The lowest BCUT2D eigenvalue weighted by Gasteiger charge is -2.10. The van der Waals surface area contributed by atoms with Crippen LogP contribution in [0.25, 0.3) is 0 Å². The van der Waals surface area contributed by atoms with E-state index in [-0.39, 0.29) is 5.82 Å². The van der Waals surface area contributed by atoms with Gasteiger partial charge in [0, 0.05) is 30.4 Å². The molecule has 0 radical (unpaired) electrons. The van der Waals surface area contributed by atoms with Gasteiger partial charge in [-0.15, -0.1) is 0 Å². The monoisotopic (exact) mass is 288 g/mol. The second-order valence-electron chi connectivity index (χ2n) is 4.94. The molecule has 0 saturated heterocycles. The van der Waals surface area contributed by atoms with E-state index in [4.69, 9.17) is 0 Å². The van der Waals surface area contributed by atoms with Crippen LogP contribution in [0, 0.1) is 12.7 Å². The van der Waals surface area contributed by atoms with Gasteiger partial charge in [-0.1, -0.05) is 31.5 Å². The van der Waals surface area contributed by atoms with Crippen LogP contribution >= 0.6 is 0 Å². The maximum absolute atomic E-state index is 13.6. The molecule has 21 heavy (non-hydrogen) atoms. The number of halogens is 1. The van der Waals surface area contributed by atoms with Gasteiger partial charge in [-0.3, -0.25) is 0 Å². The summed E-state index contributed by atoms with van der Waals surface area (Å²) in [6.07, 6.45) is 2.20. The summed E-state index contributed by atoms with van der Waals surface area (Å²) in [4.78, 5) is 8.74. The molecule has 0 saturated carbocycles. The fraction of sp³-hybridized carbons (Fsp3) is 0.375. The molecule has 1 heterocycles. The van der Waals surface area contributed by atoms with Crippen molar-refractivity contribution in [2.75, 3.05) is 17.2 Å². The molecular weight excluding hydrogens is 267 g/mol. The van der Waals surface area contributed by atoms with Crippen molar-refractivity contribution in [3.8, 4) is 0 Å². The van der Waals surface area contributed by atoms with E-state index in [1.54, 1.807) is 12.1 Å². The molecule has 0 aliphatic rings. The van der Waals surface area contributed by atoms with Crippen molar-refractivity contribution in [1.29, 1.82) is 0 Å². The summed E-state index contributed by atoms with van der Waals surface area (Å²) in [5.74, 6) is 1.10. The molecule has 0 spiro atoms. The number of nitrogens with zero attached hydrogens (tertiary/aromatic N) is 2. The molecule has 0 fully saturated rings. The van der Waals surface area contributed by atoms with Gasteiger partial charge in [0.25, 0.3) is 0 Å². The molecule has 2 rings (SSSR count). The molecule has 0 aliphatic heterocycles. The van der Waals surface area contributed by atoms with Gasteiger partial charge in [-0.25, -0.2) is 9.37 Å². The van der Waals surface area contributed by atoms with Gasteiger partial charge in [0.2, 0.25) is 5.95 Å². The van der Waals surface area contributed by atoms with Crippen LogP contribution in [-0.2, 0) is 6.54 Å². The summed E-state index contributed by atoms with van der Waals surface area (Å²) in [5.41, 5.74) is 1.49. The number of aryl methyl sites for hydroxylation is 1. The minimum absolute atomic E-state index is 0.211. The summed E-state index contributed by atoms with van der Waals surface area (Å²) in [6, 6.07) is 8.58. The zero-order chi connectivity index (χ0) is 15.1. The van der Waals surface area contributed by atoms with Crippen LogP contribution in [0.4, 0.5) is 16.2 Å². The molecule has 112 valence electrons. The van der Waals surface area contributed by atoms with Crippen LogP contribution in [0.1, 0.15) is 31.0 Å². The first-order chi connectivity index (χ1) is 10.2. The van der Waals surface area contributed by atoms with Crippen LogP contribution < -0.4 is 10.6 Å². The van der Waals surface area contributed by atoms with Crippen molar-refractivity contribution in [1.82, 2.24) is 9.97 Å². The third kappa shape index (κ3) is 4.70. The molecule has 2 N–H and O–H groups in total. The van der Waals surface area contributed by atoms with Crippen molar-refractivity contribution in [3.05, 3.63) is 47.4 Å². The Bertz CT molecular complexity index is 586. The lowest BCUT2D eigenvalue weighted by atomic mass is 10.2. The Morgan fingerprint density at radius 2 is 1.95 bits per heavy atom. The number of rotatable bonds is 7. The Morgan fingerprint density at radius 1 is 1.14 bits per heavy atom. The first kappa shape index (κ1) is 15.2. The second-order valence-corrected chi connectivity index (χ2v) is 4.94. The highest BCUT2D eigenvalue weighted by molar-refractivity contribution is 5.42.